The zero-order valence-corrected chi connectivity index (χ0v) is 8.67. The summed E-state index contributed by atoms with van der Waals surface area (Å²) in [4.78, 5) is 0. The van der Waals surface area contributed by atoms with E-state index in [0.717, 1.165) is 0 Å². The van der Waals surface area contributed by atoms with Crippen LogP contribution in [0.1, 0.15) is 0 Å². The molecule has 0 atom stereocenters. The summed E-state index contributed by atoms with van der Waals surface area (Å²) in [6.45, 7) is 0. The van der Waals surface area contributed by atoms with Crippen LogP contribution in [0.3, 0.4) is 0 Å². The van der Waals surface area contributed by atoms with E-state index >= 15 is 0 Å². The Morgan fingerprint density at radius 2 is 0.429 bits per heavy atom. The fourth-order valence-corrected chi connectivity index (χ4v) is 0. The van der Waals surface area contributed by atoms with Crippen molar-refractivity contribution in [3.05, 3.63) is 0 Å². The van der Waals surface area contributed by atoms with Crippen LogP contribution in [0.2, 0.25) is 0 Å². The summed E-state index contributed by atoms with van der Waals surface area (Å²) < 4.78 is 0. The maximum Gasteiger partial charge on any atom is 3.00 e. The maximum atomic E-state index is 0. The van der Waals surface area contributed by atoms with E-state index in [1.165, 1.54) is 0 Å². The molecular weight excluding hydrogens is 233 g/mol. The predicted octanol–water partition coefficient (Wildman–Crippen LogP) is -0.483. The summed E-state index contributed by atoms with van der Waals surface area (Å²) in [5.74, 6) is 0. The Morgan fingerprint density at radius 1 is 0.429 bits per heavy atom. The van der Waals surface area contributed by atoms with E-state index in [1.807, 2.05) is 0 Å². The Labute approximate surface area is 75.9 Å². The van der Waals surface area contributed by atoms with Gasteiger partial charge in [-0.2, -0.15) is 0 Å². The van der Waals surface area contributed by atoms with E-state index in [0.29, 0.717) is 0 Å². The Balaban J connectivity index is 0. The van der Waals surface area contributed by atoms with Gasteiger partial charge in [-0.1, -0.05) is 0 Å². The predicted molar refractivity (Wildman–Crippen MR) is 2.75 cm³/mol. The minimum atomic E-state index is 0. The molecule has 0 spiro atoms. The summed E-state index contributed by atoms with van der Waals surface area (Å²) in [6.07, 6.45) is 0. The second kappa shape index (κ2) is 137. The first-order valence-electron chi connectivity index (χ1n) is 0. The van der Waals surface area contributed by atoms with Crippen molar-refractivity contribution in [2.75, 3.05) is 0 Å². The summed E-state index contributed by atoms with van der Waals surface area (Å²) in [7, 11) is 0. The van der Waals surface area contributed by atoms with Gasteiger partial charge >= 0.3 is 54.2 Å². The topological polar surface area (TPSA) is 114 Å². The molecule has 2 radical (unpaired) electrons. The second-order valence-corrected chi connectivity index (χ2v) is 0. The molecule has 0 aliphatic heterocycles. The zero-order valence-electron chi connectivity index (χ0n) is 3.16. The Kier molecular flexibility index (Phi) is 4060. The third kappa shape index (κ3) is 98.5. The van der Waals surface area contributed by atoms with Crippen LogP contribution >= 0.6 is 0 Å². The van der Waals surface area contributed by atoms with Gasteiger partial charge in [-0.05, 0) is 0 Å². The van der Waals surface area contributed by atoms with Gasteiger partial charge in [0, 0.05) is 0 Å². The fourth-order valence-electron chi connectivity index (χ4n) is 0. The average molecular weight is 233 g/mol. The third-order valence-electron chi connectivity index (χ3n) is 0. The van der Waals surface area contributed by atoms with Crippen molar-refractivity contribution in [1.29, 1.82) is 0 Å². The quantitative estimate of drug-likeness (QED) is 0.503. The molecule has 0 N–H and O–H groups in total. The van der Waals surface area contributed by atoms with Gasteiger partial charge in [0.2, 0.25) is 0 Å². The molecular formula is Cr2O4Zn. The Bertz CT molecular complexity index is 9.65. The van der Waals surface area contributed by atoms with E-state index in [9.17, 15) is 0 Å². The van der Waals surface area contributed by atoms with Crippen LogP contribution in [0, 0.1) is 0 Å². The van der Waals surface area contributed by atoms with Crippen LogP contribution in [0.25, 0.3) is 0 Å². The minimum Gasteiger partial charge on any atom is -2.00 e. The molecule has 7 heavy (non-hydrogen) atoms. The summed E-state index contributed by atoms with van der Waals surface area (Å²) in [5, 5.41) is 0. The van der Waals surface area contributed by atoms with Crippen molar-refractivity contribution >= 4 is 0 Å². The van der Waals surface area contributed by atoms with Gasteiger partial charge in [-0.25, -0.2) is 0 Å². The average Bonchev–Trinajstić information content (AvgIpc) is 0. The number of rotatable bonds is 0. The van der Waals surface area contributed by atoms with Crippen molar-refractivity contribution in [2.24, 2.45) is 0 Å². The Hall–Kier alpha value is 1.53. The van der Waals surface area contributed by atoms with Crippen molar-refractivity contribution < 1.29 is 76.1 Å². The normalized spacial score (nSPS) is 0. The monoisotopic (exact) mass is 232 g/mol. The molecule has 0 fully saturated rings. The molecule has 0 aromatic rings. The van der Waals surface area contributed by atoms with Crippen LogP contribution in [0.5, 0.6) is 0 Å². The van der Waals surface area contributed by atoms with Gasteiger partial charge in [-0.3, -0.25) is 0 Å². The van der Waals surface area contributed by atoms with Gasteiger partial charge in [0.15, 0.2) is 0 Å². The number of hydrogen-bond acceptors (Lipinski definition) is 0. The molecule has 0 unspecified atom stereocenters. The molecule has 0 aliphatic rings. The summed E-state index contributed by atoms with van der Waals surface area (Å²) in [6, 6.07) is 0. The maximum absolute atomic E-state index is 0. The smallest absolute Gasteiger partial charge is 2.00 e. The summed E-state index contributed by atoms with van der Waals surface area (Å²) >= 11 is 0. The molecule has 0 amide bonds. The molecule has 4 nitrogen and oxygen atoms in total. The molecule has 0 aromatic heterocycles. The van der Waals surface area contributed by atoms with Gasteiger partial charge in [0.1, 0.15) is 0 Å². The second-order valence-electron chi connectivity index (χ2n) is 0. The molecule has 38 valence electrons. The summed E-state index contributed by atoms with van der Waals surface area (Å²) in [5.41, 5.74) is 0. The largest absolute Gasteiger partial charge is 3.00 e. The van der Waals surface area contributed by atoms with E-state index in [2.05, 4.69) is 0 Å². The fraction of sp³-hybridized carbons (Fsp3) is 0. The van der Waals surface area contributed by atoms with Crippen LogP contribution < -0.4 is 0 Å². The van der Waals surface area contributed by atoms with Crippen LogP contribution in [-0.4, -0.2) is 0 Å². The molecule has 0 heterocycles. The molecule has 0 saturated carbocycles. The van der Waals surface area contributed by atoms with Crippen LogP contribution in [0.15, 0.2) is 0 Å². The number of hydrogen-bond donors (Lipinski definition) is 0. The van der Waals surface area contributed by atoms with E-state index < -0.39 is 0 Å². The first kappa shape index (κ1) is 207. The van der Waals surface area contributed by atoms with Crippen molar-refractivity contribution in [1.82, 2.24) is 0 Å². The standard InChI is InChI=1S/2Cr.4O.Zn/q2*+3;4*-2;+2. The molecule has 0 rings (SSSR count). The minimum absolute atomic E-state index is 0. The van der Waals surface area contributed by atoms with E-state index in [1.54, 1.807) is 0 Å². The molecule has 0 saturated heterocycles. The zero-order chi connectivity index (χ0) is 0. The van der Waals surface area contributed by atoms with Crippen LogP contribution in [0.4, 0.5) is 0 Å². The van der Waals surface area contributed by atoms with Crippen molar-refractivity contribution in [2.45, 2.75) is 0 Å². The van der Waals surface area contributed by atoms with E-state index in [-0.39, 0.29) is 76.1 Å². The van der Waals surface area contributed by atoms with Crippen molar-refractivity contribution in [3.8, 4) is 0 Å². The van der Waals surface area contributed by atoms with Gasteiger partial charge in [0.05, 0.1) is 0 Å². The van der Waals surface area contributed by atoms with E-state index in [4.69, 9.17) is 0 Å². The molecule has 0 bridgehead atoms. The first-order valence-corrected chi connectivity index (χ1v) is 0. The molecule has 0 aliphatic carbocycles. The molecule has 7 heteroatoms. The SMILES string of the molecule is [Cr+3].[Cr+3].[O-2].[O-2].[O-2].[O-2].[Zn+2]. The van der Waals surface area contributed by atoms with Gasteiger partial charge < -0.3 is 21.9 Å². The van der Waals surface area contributed by atoms with Gasteiger partial charge in [0.25, 0.3) is 0 Å². The first-order chi connectivity index (χ1) is 0. The van der Waals surface area contributed by atoms with Crippen molar-refractivity contribution in [3.63, 3.8) is 0 Å². The third-order valence-corrected chi connectivity index (χ3v) is 0. The van der Waals surface area contributed by atoms with Gasteiger partial charge in [-0.15, -0.1) is 0 Å². The Morgan fingerprint density at radius 3 is 0.429 bits per heavy atom. The van der Waals surface area contributed by atoms with Crippen LogP contribution in [-0.2, 0) is 76.1 Å². The molecule has 0 aromatic carbocycles.